The number of hydrogen-bond donors (Lipinski definition) is 0. The predicted octanol–water partition coefficient (Wildman–Crippen LogP) is 2.86. The smallest absolute Gasteiger partial charge is 0.0472 e. The van der Waals surface area contributed by atoms with Gasteiger partial charge in [-0.05, 0) is 18.1 Å². The van der Waals surface area contributed by atoms with Crippen LogP contribution in [0.2, 0.25) is 0 Å². The Hall–Kier alpha value is -0.630. The van der Waals surface area contributed by atoms with Gasteiger partial charge in [-0.3, -0.25) is 4.98 Å². The summed E-state index contributed by atoms with van der Waals surface area (Å²) in [5.41, 5.74) is 2.27. The molecule has 2 heteroatoms. The zero-order chi connectivity index (χ0) is 7.40. The number of aryl methyl sites for hydroxylation is 1. The van der Waals surface area contributed by atoms with Gasteiger partial charge in [-0.2, -0.15) is 0 Å². The van der Waals surface area contributed by atoms with Gasteiger partial charge in [-0.25, -0.2) is 0 Å². The number of aromatic nitrogens is 1. The van der Waals surface area contributed by atoms with Crippen LogP contribution in [0.25, 0.3) is 6.08 Å². The van der Waals surface area contributed by atoms with Gasteiger partial charge >= 0.3 is 0 Å². The molecule has 1 nitrogen and oxygen atoms in total. The monoisotopic (exact) mass is 213 g/mol. The third kappa shape index (κ3) is 2.46. The highest BCUT2D eigenvalue weighted by atomic mass is 79.9. The molecule has 1 aromatic rings. The lowest BCUT2D eigenvalue weighted by Gasteiger charge is -1.98. The molecule has 0 bridgehead atoms. The fourth-order valence-electron chi connectivity index (χ4n) is 0.932. The third-order valence-corrected chi connectivity index (χ3v) is 1.48. The van der Waals surface area contributed by atoms with Crippen molar-refractivity contribution in [3.8, 4) is 0 Å². The zero-order valence-electron chi connectivity index (χ0n) is 6.58. The van der Waals surface area contributed by atoms with Crippen LogP contribution in [-0.4, -0.2) is 4.98 Å². The van der Waals surface area contributed by atoms with E-state index in [2.05, 4.69) is 18.5 Å². The number of nitrogens with zero attached hydrogens (tertiary/aromatic N) is 1. The van der Waals surface area contributed by atoms with Crippen LogP contribution in [-0.2, 0) is 6.42 Å². The zero-order valence-corrected chi connectivity index (χ0v) is 8.29. The van der Waals surface area contributed by atoms with Crippen molar-refractivity contribution < 1.29 is 0 Å². The van der Waals surface area contributed by atoms with Gasteiger partial charge < -0.3 is 0 Å². The van der Waals surface area contributed by atoms with Gasteiger partial charge in [-0.1, -0.05) is 25.6 Å². The van der Waals surface area contributed by atoms with Crippen LogP contribution in [0.4, 0.5) is 0 Å². The molecule has 0 atom stereocenters. The minimum absolute atomic E-state index is 0. The van der Waals surface area contributed by atoms with Gasteiger partial charge in [0.05, 0.1) is 0 Å². The summed E-state index contributed by atoms with van der Waals surface area (Å²) in [5.74, 6) is 0. The molecule has 1 rings (SSSR count). The first-order valence-corrected chi connectivity index (χ1v) is 3.44. The lowest BCUT2D eigenvalue weighted by Crippen LogP contribution is -1.88. The normalized spacial score (nSPS) is 8.45. The Morgan fingerprint density at radius 2 is 2.36 bits per heavy atom. The van der Waals surface area contributed by atoms with Crippen LogP contribution in [0, 0.1) is 0 Å². The lowest BCUT2D eigenvalue weighted by molar-refractivity contribution is 1.03. The summed E-state index contributed by atoms with van der Waals surface area (Å²) >= 11 is 0. The van der Waals surface area contributed by atoms with Crippen LogP contribution in [0.15, 0.2) is 24.9 Å². The van der Waals surface area contributed by atoms with Crippen LogP contribution >= 0.6 is 17.0 Å². The van der Waals surface area contributed by atoms with E-state index < -0.39 is 0 Å². The maximum absolute atomic E-state index is 4.20. The van der Waals surface area contributed by atoms with Crippen molar-refractivity contribution in [2.75, 3.05) is 0 Å². The second-order valence-electron chi connectivity index (χ2n) is 2.10. The Bertz CT molecular complexity index is 233. The first kappa shape index (κ1) is 10.4. The van der Waals surface area contributed by atoms with E-state index >= 15 is 0 Å². The molecule has 0 aromatic carbocycles. The molecule has 0 saturated heterocycles. The highest BCUT2D eigenvalue weighted by Crippen LogP contribution is 2.06. The quantitative estimate of drug-likeness (QED) is 0.737. The summed E-state index contributed by atoms with van der Waals surface area (Å²) in [6.45, 7) is 5.79. The lowest BCUT2D eigenvalue weighted by atomic mass is 10.1. The molecular formula is C9H12BrN. The van der Waals surface area contributed by atoms with E-state index in [1.165, 1.54) is 0 Å². The maximum atomic E-state index is 4.20. The molecule has 0 N–H and O–H groups in total. The maximum Gasteiger partial charge on any atom is 0.0472 e. The number of pyridine rings is 1. The molecule has 11 heavy (non-hydrogen) atoms. The SMILES string of the molecule is Br.C=Cc1cccnc1CC. The van der Waals surface area contributed by atoms with E-state index in [9.17, 15) is 0 Å². The van der Waals surface area contributed by atoms with Crippen molar-refractivity contribution in [1.29, 1.82) is 0 Å². The topological polar surface area (TPSA) is 12.9 Å². The molecular weight excluding hydrogens is 202 g/mol. The summed E-state index contributed by atoms with van der Waals surface area (Å²) in [4.78, 5) is 4.20. The number of halogens is 1. The predicted molar refractivity (Wildman–Crippen MR) is 54.0 cm³/mol. The summed E-state index contributed by atoms with van der Waals surface area (Å²) in [6, 6.07) is 3.95. The van der Waals surface area contributed by atoms with E-state index in [4.69, 9.17) is 0 Å². The molecule has 0 fully saturated rings. The summed E-state index contributed by atoms with van der Waals surface area (Å²) in [7, 11) is 0. The van der Waals surface area contributed by atoms with E-state index in [0.717, 1.165) is 17.7 Å². The largest absolute Gasteiger partial charge is 0.261 e. The van der Waals surface area contributed by atoms with Crippen molar-refractivity contribution in [3.63, 3.8) is 0 Å². The summed E-state index contributed by atoms with van der Waals surface area (Å²) < 4.78 is 0. The average Bonchev–Trinajstić information content (AvgIpc) is 2.04. The standard InChI is InChI=1S/C9H11N.BrH/c1-3-8-6-5-7-10-9(8)4-2;/h3,5-7H,1,4H2,2H3;1H. The van der Waals surface area contributed by atoms with Gasteiger partial charge in [-0.15, -0.1) is 17.0 Å². The Labute approximate surface area is 77.9 Å². The molecule has 0 spiro atoms. The van der Waals surface area contributed by atoms with Crippen LogP contribution in [0.3, 0.4) is 0 Å². The van der Waals surface area contributed by atoms with Crippen molar-refractivity contribution in [2.24, 2.45) is 0 Å². The van der Waals surface area contributed by atoms with E-state index in [1.807, 2.05) is 24.4 Å². The van der Waals surface area contributed by atoms with Crippen molar-refractivity contribution in [1.82, 2.24) is 4.98 Å². The van der Waals surface area contributed by atoms with E-state index in [1.54, 1.807) is 0 Å². The highest BCUT2D eigenvalue weighted by molar-refractivity contribution is 8.93. The fourth-order valence-corrected chi connectivity index (χ4v) is 0.932. The summed E-state index contributed by atoms with van der Waals surface area (Å²) in [6.07, 6.45) is 4.62. The molecule has 1 heterocycles. The molecule has 0 saturated carbocycles. The minimum atomic E-state index is 0. The first-order valence-electron chi connectivity index (χ1n) is 3.44. The van der Waals surface area contributed by atoms with Crippen molar-refractivity contribution in [2.45, 2.75) is 13.3 Å². The van der Waals surface area contributed by atoms with Gasteiger partial charge in [0.25, 0.3) is 0 Å². The van der Waals surface area contributed by atoms with Crippen molar-refractivity contribution >= 4 is 23.1 Å². The fraction of sp³-hybridized carbons (Fsp3) is 0.222. The Morgan fingerprint density at radius 3 is 2.82 bits per heavy atom. The second-order valence-corrected chi connectivity index (χ2v) is 2.10. The molecule has 0 aliphatic heterocycles. The molecule has 0 amide bonds. The van der Waals surface area contributed by atoms with Crippen LogP contribution in [0.5, 0.6) is 0 Å². The number of hydrogen-bond acceptors (Lipinski definition) is 1. The highest BCUT2D eigenvalue weighted by Gasteiger charge is 1.93. The van der Waals surface area contributed by atoms with Gasteiger partial charge in [0, 0.05) is 11.9 Å². The van der Waals surface area contributed by atoms with Gasteiger partial charge in [0.1, 0.15) is 0 Å². The van der Waals surface area contributed by atoms with E-state index in [0.29, 0.717) is 0 Å². The molecule has 0 aliphatic rings. The molecule has 0 unspecified atom stereocenters. The third-order valence-electron chi connectivity index (χ3n) is 1.48. The first-order chi connectivity index (χ1) is 4.88. The van der Waals surface area contributed by atoms with Crippen LogP contribution in [0.1, 0.15) is 18.2 Å². The van der Waals surface area contributed by atoms with Crippen LogP contribution < -0.4 is 0 Å². The number of rotatable bonds is 2. The molecule has 0 radical (unpaired) electrons. The Balaban J connectivity index is 0.000001000. The average molecular weight is 214 g/mol. The molecule has 0 aliphatic carbocycles. The Morgan fingerprint density at radius 1 is 1.64 bits per heavy atom. The molecule has 60 valence electrons. The second kappa shape index (κ2) is 5.08. The molecule has 1 aromatic heterocycles. The van der Waals surface area contributed by atoms with Crippen molar-refractivity contribution in [3.05, 3.63) is 36.2 Å². The minimum Gasteiger partial charge on any atom is -0.261 e. The van der Waals surface area contributed by atoms with Gasteiger partial charge in [0.15, 0.2) is 0 Å². The van der Waals surface area contributed by atoms with Gasteiger partial charge in [0.2, 0.25) is 0 Å². The Kier molecular flexibility index (Phi) is 4.79. The van der Waals surface area contributed by atoms with E-state index in [-0.39, 0.29) is 17.0 Å². The summed E-state index contributed by atoms with van der Waals surface area (Å²) in [5, 5.41) is 0.